The third kappa shape index (κ3) is 3.45. The third-order valence-electron chi connectivity index (χ3n) is 3.41. The van der Waals surface area contributed by atoms with Crippen molar-refractivity contribution in [3.05, 3.63) is 37.5 Å². The molecule has 2 atom stereocenters. The Kier molecular flexibility index (Phi) is 6.44. The molecule has 1 aliphatic rings. The Balaban J connectivity index is 0.00000196. The average molecular weight is 319 g/mol. The number of hydrogen-bond donors (Lipinski definition) is 0. The summed E-state index contributed by atoms with van der Waals surface area (Å²) in [5.41, 5.74) is 0. The fraction of sp³-hybridized carbons (Fsp3) is 0.538. The molecule has 15 heavy (non-hydrogen) atoms. The second kappa shape index (κ2) is 6.48. The van der Waals surface area contributed by atoms with E-state index < -0.39 is 0 Å². The molecule has 0 aromatic rings. The van der Waals surface area contributed by atoms with Gasteiger partial charge in [0.2, 0.25) is 0 Å². The highest BCUT2D eigenvalue weighted by atomic mass is 127. The Labute approximate surface area is 111 Å². The monoisotopic (exact) mass is 319 g/mol. The van der Waals surface area contributed by atoms with E-state index in [4.69, 9.17) is 0 Å². The van der Waals surface area contributed by atoms with Gasteiger partial charge < -0.3 is 28.5 Å². The van der Waals surface area contributed by atoms with E-state index in [0.29, 0.717) is 12.1 Å². The summed E-state index contributed by atoms with van der Waals surface area (Å²) in [5, 5.41) is 0. The number of rotatable bonds is 4. The molecular formula is C13H22IN. The molecule has 0 aromatic carbocycles. The normalized spacial score (nSPS) is 27.9. The Morgan fingerprint density at radius 3 is 2.40 bits per heavy atom. The van der Waals surface area contributed by atoms with Gasteiger partial charge in [-0.25, -0.2) is 0 Å². The quantitative estimate of drug-likeness (QED) is 0.386. The summed E-state index contributed by atoms with van der Waals surface area (Å²) >= 11 is 0. The molecule has 0 saturated carbocycles. The first-order valence-electron chi connectivity index (χ1n) is 5.34. The van der Waals surface area contributed by atoms with Gasteiger partial charge in [0.05, 0.1) is 20.1 Å². The zero-order valence-corrected chi connectivity index (χ0v) is 12.0. The SMILES string of the molecule is C=CC[C@@H]1CC=C[C@H](CC=C)[N+]1(C)C.[I-]. The molecule has 0 N–H and O–H groups in total. The minimum absolute atomic E-state index is 0. The second-order valence-electron chi connectivity index (χ2n) is 4.56. The summed E-state index contributed by atoms with van der Waals surface area (Å²) in [7, 11) is 4.62. The predicted molar refractivity (Wildman–Crippen MR) is 63.1 cm³/mol. The fourth-order valence-electron chi connectivity index (χ4n) is 2.24. The molecule has 0 radical (unpaired) electrons. The molecule has 0 spiro atoms. The van der Waals surface area contributed by atoms with Gasteiger partial charge in [-0.2, -0.15) is 0 Å². The zero-order chi connectivity index (χ0) is 10.6. The van der Waals surface area contributed by atoms with E-state index in [1.807, 2.05) is 12.2 Å². The van der Waals surface area contributed by atoms with Crippen LogP contribution in [0.4, 0.5) is 0 Å². The summed E-state index contributed by atoms with van der Waals surface area (Å²) in [5.74, 6) is 0. The summed E-state index contributed by atoms with van der Waals surface area (Å²) in [6.07, 6.45) is 12.0. The van der Waals surface area contributed by atoms with Crippen LogP contribution in [0.1, 0.15) is 19.3 Å². The van der Waals surface area contributed by atoms with E-state index in [1.54, 1.807) is 0 Å². The van der Waals surface area contributed by atoms with E-state index in [9.17, 15) is 0 Å². The van der Waals surface area contributed by atoms with Crippen LogP contribution in [0.5, 0.6) is 0 Å². The van der Waals surface area contributed by atoms with Crippen LogP contribution >= 0.6 is 0 Å². The largest absolute Gasteiger partial charge is 1.00 e. The first-order chi connectivity index (χ1) is 6.62. The molecular weight excluding hydrogens is 297 g/mol. The van der Waals surface area contributed by atoms with Crippen molar-refractivity contribution in [1.82, 2.24) is 0 Å². The summed E-state index contributed by atoms with van der Waals surface area (Å²) in [6.45, 7) is 7.66. The summed E-state index contributed by atoms with van der Waals surface area (Å²) < 4.78 is 1.06. The number of nitrogens with zero attached hydrogens (tertiary/aromatic N) is 1. The Morgan fingerprint density at radius 1 is 1.27 bits per heavy atom. The van der Waals surface area contributed by atoms with Crippen molar-refractivity contribution in [1.29, 1.82) is 0 Å². The maximum absolute atomic E-state index is 3.84. The number of hydrogen-bond acceptors (Lipinski definition) is 0. The highest BCUT2D eigenvalue weighted by molar-refractivity contribution is 4.99. The zero-order valence-electron chi connectivity index (χ0n) is 9.82. The van der Waals surface area contributed by atoms with Crippen LogP contribution in [-0.4, -0.2) is 30.7 Å². The van der Waals surface area contributed by atoms with Gasteiger partial charge in [-0.15, -0.1) is 13.2 Å². The van der Waals surface area contributed by atoms with Crippen molar-refractivity contribution in [2.75, 3.05) is 14.1 Å². The molecule has 0 fully saturated rings. The molecule has 0 aliphatic carbocycles. The highest BCUT2D eigenvalue weighted by Crippen LogP contribution is 2.27. The third-order valence-corrected chi connectivity index (χ3v) is 3.41. The van der Waals surface area contributed by atoms with Gasteiger partial charge in [0.15, 0.2) is 0 Å². The van der Waals surface area contributed by atoms with Crippen molar-refractivity contribution in [2.45, 2.75) is 31.3 Å². The van der Waals surface area contributed by atoms with Gasteiger partial charge in [-0.05, 0) is 6.08 Å². The van der Waals surface area contributed by atoms with Gasteiger partial charge in [0, 0.05) is 19.3 Å². The summed E-state index contributed by atoms with van der Waals surface area (Å²) in [4.78, 5) is 0. The molecule has 0 amide bonds. The Morgan fingerprint density at radius 2 is 1.87 bits per heavy atom. The van der Waals surface area contributed by atoms with Crippen LogP contribution in [-0.2, 0) is 0 Å². The lowest BCUT2D eigenvalue weighted by molar-refractivity contribution is -0.933. The van der Waals surface area contributed by atoms with Crippen LogP contribution in [0.2, 0.25) is 0 Å². The van der Waals surface area contributed by atoms with E-state index >= 15 is 0 Å². The van der Waals surface area contributed by atoms with E-state index in [0.717, 1.165) is 17.3 Å². The lowest BCUT2D eigenvalue weighted by atomic mass is 9.95. The van der Waals surface area contributed by atoms with E-state index in [-0.39, 0.29) is 24.0 Å². The molecule has 1 nitrogen and oxygen atoms in total. The molecule has 0 unspecified atom stereocenters. The van der Waals surface area contributed by atoms with Gasteiger partial charge in [0.1, 0.15) is 6.04 Å². The first-order valence-corrected chi connectivity index (χ1v) is 5.34. The molecule has 2 heteroatoms. The molecule has 1 rings (SSSR count). The molecule has 0 aromatic heterocycles. The molecule has 0 bridgehead atoms. The van der Waals surface area contributed by atoms with E-state index in [1.165, 1.54) is 6.42 Å². The van der Waals surface area contributed by atoms with Crippen LogP contribution in [0.15, 0.2) is 37.5 Å². The summed E-state index contributed by atoms with van der Waals surface area (Å²) in [6, 6.07) is 1.27. The highest BCUT2D eigenvalue weighted by Gasteiger charge is 2.35. The van der Waals surface area contributed by atoms with Crippen LogP contribution < -0.4 is 24.0 Å². The van der Waals surface area contributed by atoms with Gasteiger partial charge >= 0.3 is 0 Å². The molecule has 1 aliphatic heterocycles. The standard InChI is InChI=1S/C13H22N.HI/c1-5-8-12-10-7-11-13(9-6-2)14(12,3)4;/h5-7,10,12-13H,1-2,8-9,11H2,3-4H3;1H/q+1;/p-1/t12-,13+;/m0./s1. The maximum atomic E-state index is 3.84. The lowest BCUT2D eigenvalue weighted by Gasteiger charge is -2.45. The second-order valence-corrected chi connectivity index (χ2v) is 4.56. The van der Waals surface area contributed by atoms with Crippen LogP contribution in [0.25, 0.3) is 0 Å². The minimum atomic E-state index is 0. The van der Waals surface area contributed by atoms with Gasteiger partial charge in [-0.3, -0.25) is 0 Å². The minimum Gasteiger partial charge on any atom is -1.00 e. The average Bonchev–Trinajstić information content (AvgIpc) is 2.13. The smallest absolute Gasteiger partial charge is 0.111 e. The van der Waals surface area contributed by atoms with Crippen molar-refractivity contribution in [3.8, 4) is 0 Å². The van der Waals surface area contributed by atoms with E-state index in [2.05, 4.69) is 39.4 Å². The maximum Gasteiger partial charge on any atom is 0.111 e. The van der Waals surface area contributed by atoms with Gasteiger partial charge in [0.25, 0.3) is 0 Å². The van der Waals surface area contributed by atoms with Crippen molar-refractivity contribution < 1.29 is 28.5 Å². The van der Waals surface area contributed by atoms with Gasteiger partial charge in [-0.1, -0.05) is 18.2 Å². The van der Waals surface area contributed by atoms with Crippen molar-refractivity contribution in [2.24, 2.45) is 0 Å². The van der Waals surface area contributed by atoms with Crippen molar-refractivity contribution >= 4 is 0 Å². The van der Waals surface area contributed by atoms with Crippen molar-refractivity contribution in [3.63, 3.8) is 0 Å². The number of likely N-dealkylation sites (N-methyl/N-ethyl adjacent to an activating group) is 1. The Hall–Kier alpha value is -0.0900. The number of quaternary nitrogens is 1. The molecule has 86 valence electrons. The molecule has 1 heterocycles. The topological polar surface area (TPSA) is 0 Å². The van der Waals surface area contributed by atoms with Crippen LogP contribution in [0.3, 0.4) is 0 Å². The molecule has 0 saturated heterocycles. The first kappa shape index (κ1) is 14.9. The van der Waals surface area contributed by atoms with Crippen LogP contribution in [0, 0.1) is 0 Å². The Bertz CT molecular complexity index is 243. The fourth-order valence-corrected chi connectivity index (χ4v) is 2.24. The predicted octanol–water partition coefficient (Wildman–Crippen LogP) is -0.0839. The lowest BCUT2D eigenvalue weighted by Crippen LogP contribution is -3.00. The number of halogens is 1.